The third-order valence-corrected chi connectivity index (χ3v) is 6.47. The molecule has 0 bridgehead atoms. The average molecular weight is 427 g/mol. The van der Waals surface area contributed by atoms with Gasteiger partial charge in [-0.2, -0.15) is 4.98 Å². The summed E-state index contributed by atoms with van der Waals surface area (Å²) in [6.07, 6.45) is 4.76. The molecule has 2 aliphatic rings. The van der Waals surface area contributed by atoms with Crippen molar-refractivity contribution < 1.29 is 18.8 Å². The molecule has 166 valence electrons. The number of carbonyl (C=O) groups excluding carboxylic acids is 2. The summed E-state index contributed by atoms with van der Waals surface area (Å²) in [6.45, 7) is 5.17. The molecule has 0 radical (unpaired) electrons. The maximum atomic E-state index is 13.0. The Kier molecular flexibility index (Phi) is 6.25. The Bertz CT molecular complexity index is 953. The number of likely N-dealkylation sites (tertiary alicyclic amines) is 1. The first kappa shape index (κ1) is 21.3. The van der Waals surface area contributed by atoms with Gasteiger partial charge in [-0.25, -0.2) is 0 Å². The molecule has 2 fully saturated rings. The molecular weight excluding hydrogens is 396 g/mol. The standard InChI is InChI=1S/C23H30N4O4/c1-15-13-19(30-3)7-8-20(15)23(29)26-11-9-18(14-26)27(16(2)28)12-10-21-24-22(31-25-21)17-5-4-6-17/h7-8,13,17-18H,4-6,9-12,14H2,1-3H3. The van der Waals surface area contributed by atoms with Crippen LogP contribution < -0.4 is 4.74 Å². The van der Waals surface area contributed by atoms with Gasteiger partial charge in [0.2, 0.25) is 11.8 Å². The highest BCUT2D eigenvalue weighted by molar-refractivity contribution is 5.96. The van der Waals surface area contributed by atoms with Gasteiger partial charge >= 0.3 is 0 Å². The number of ether oxygens (including phenoxy) is 1. The van der Waals surface area contributed by atoms with Gasteiger partial charge in [-0.15, -0.1) is 0 Å². The Morgan fingerprint density at radius 2 is 2.10 bits per heavy atom. The van der Waals surface area contributed by atoms with Crippen LogP contribution in [0.1, 0.15) is 66.2 Å². The molecule has 0 spiro atoms. The Balaban J connectivity index is 1.37. The van der Waals surface area contributed by atoms with E-state index >= 15 is 0 Å². The van der Waals surface area contributed by atoms with Crippen LogP contribution in [0.4, 0.5) is 0 Å². The number of carbonyl (C=O) groups is 2. The van der Waals surface area contributed by atoms with Crippen molar-refractivity contribution in [3.63, 3.8) is 0 Å². The van der Waals surface area contributed by atoms with E-state index in [1.165, 1.54) is 6.42 Å². The number of rotatable bonds is 7. The van der Waals surface area contributed by atoms with Crippen molar-refractivity contribution in [2.45, 2.75) is 57.9 Å². The van der Waals surface area contributed by atoms with Gasteiger partial charge in [-0.3, -0.25) is 9.59 Å². The van der Waals surface area contributed by atoms with Crippen LogP contribution in [-0.4, -0.2) is 64.5 Å². The van der Waals surface area contributed by atoms with Crippen molar-refractivity contribution in [1.29, 1.82) is 0 Å². The zero-order chi connectivity index (χ0) is 22.0. The third-order valence-electron chi connectivity index (χ3n) is 6.47. The zero-order valence-electron chi connectivity index (χ0n) is 18.5. The van der Waals surface area contributed by atoms with Crippen LogP contribution in [0.2, 0.25) is 0 Å². The molecule has 1 aliphatic carbocycles. The highest BCUT2D eigenvalue weighted by atomic mass is 16.5. The number of amides is 2. The molecule has 2 amide bonds. The Morgan fingerprint density at radius 1 is 1.29 bits per heavy atom. The number of benzene rings is 1. The second-order valence-corrected chi connectivity index (χ2v) is 8.51. The lowest BCUT2D eigenvalue weighted by molar-refractivity contribution is -0.130. The van der Waals surface area contributed by atoms with E-state index in [0.717, 1.165) is 36.5 Å². The molecule has 1 saturated heterocycles. The Hall–Kier alpha value is -2.90. The molecule has 8 nitrogen and oxygen atoms in total. The van der Waals surface area contributed by atoms with Crippen LogP contribution in [0, 0.1) is 6.92 Å². The summed E-state index contributed by atoms with van der Waals surface area (Å²) in [5, 5.41) is 4.08. The predicted octanol–water partition coefficient (Wildman–Crippen LogP) is 2.96. The lowest BCUT2D eigenvalue weighted by atomic mass is 9.85. The van der Waals surface area contributed by atoms with E-state index in [9.17, 15) is 9.59 Å². The summed E-state index contributed by atoms with van der Waals surface area (Å²) in [7, 11) is 1.61. The fraction of sp³-hybridized carbons (Fsp3) is 0.565. The second kappa shape index (κ2) is 9.08. The summed E-state index contributed by atoms with van der Waals surface area (Å²) in [4.78, 5) is 33.6. The largest absolute Gasteiger partial charge is 0.497 e. The van der Waals surface area contributed by atoms with Gasteiger partial charge in [0.25, 0.3) is 5.91 Å². The minimum Gasteiger partial charge on any atom is -0.497 e. The van der Waals surface area contributed by atoms with Gasteiger partial charge in [0.15, 0.2) is 5.82 Å². The van der Waals surface area contributed by atoms with E-state index in [-0.39, 0.29) is 17.9 Å². The predicted molar refractivity (Wildman–Crippen MR) is 114 cm³/mol. The van der Waals surface area contributed by atoms with E-state index in [1.807, 2.05) is 28.9 Å². The number of hydrogen-bond acceptors (Lipinski definition) is 6. The quantitative estimate of drug-likeness (QED) is 0.676. The van der Waals surface area contributed by atoms with E-state index in [0.29, 0.717) is 43.4 Å². The maximum absolute atomic E-state index is 13.0. The summed E-state index contributed by atoms with van der Waals surface area (Å²) in [6, 6.07) is 5.48. The minimum absolute atomic E-state index is 0.00184. The van der Waals surface area contributed by atoms with Crippen molar-refractivity contribution in [3.8, 4) is 5.75 Å². The summed E-state index contributed by atoms with van der Waals surface area (Å²) >= 11 is 0. The average Bonchev–Trinajstić information content (AvgIpc) is 3.36. The Labute approximate surface area is 182 Å². The molecule has 2 aromatic rings. The molecule has 2 heterocycles. The molecule has 1 aliphatic heterocycles. The van der Waals surface area contributed by atoms with Gasteiger partial charge < -0.3 is 19.1 Å². The highest BCUT2D eigenvalue weighted by Crippen LogP contribution is 2.35. The van der Waals surface area contributed by atoms with Crippen LogP contribution >= 0.6 is 0 Å². The Morgan fingerprint density at radius 3 is 2.74 bits per heavy atom. The first-order valence-corrected chi connectivity index (χ1v) is 11.0. The first-order valence-electron chi connectivity index (χ1n) is 11.0. The smallest absolute Gasteiger partial charge is 0.254 e. The zero-order valence-corrected chi connectivity index (χ0v) is 18.5. The van der Waals surface area contributed by atoms with E-state index in [4.69, 9.17) is 9.26 Å². The monoisotopic (exact) mass is 426 g/mol. The summed E-state index contributed by atoms with van der Waals surface area (Å²) < 4.78 is 10.6. The van der Waals surface area contributed by atoms with E-state index in [2.05, 4.69) is 10.1 Å². The van der Waals surface area contributed by atoms with Crippen LogP contribution in [0.5, 0.6) is 5.75 Å². The molecule has 0 N–H and O–H groups in total. The molecule has 31 heavy (non-hydrogen) atoms. The van der Waals surface area contributed by atoms with Crippen molar-refractivity contribution in [2.75, 3.05) is 26.7 Å². The number of aromatic nitrogens is 2. The molecule has 1 aromatic carbocycles. The van der Waals surface area contributed by atoms with Gasteiger partial charge in [0, 0.05) is 44.5 Å². The summed E-state index contributed by atoms with van der Waals surface area (Å²) in [5.74, 6) is 2.51. The molecular formula is C23H30N4O4. The van der Waals surface area contributed by atoms with Crippen molar-refractivity contribution >= 4 is 11.8 Å². The number of aryl methyl sites for hydroxylation is 1. The first-order chi connectivity index (χ1) is 15.0. The second-order valence-electron chi connectivity index (χ2n) is 8.51. The number of hydrogen-bond donors (Lipinski definition) is 0. The third kappa shape index (κ3) is 4.57. The molecule has 1 atom stereocenters. The van der Waals surface area contributed by atoms with Crippen LogP contribution in [0.3, 0.4) is 0 Å². The van der Waals surface area contributed by atoms with Gasteiger partial charge in [-0.05, 0) is 49.9 Å². The van der Waals surface area contributed by atoms with Crippen LogP contribution in [0.25, 0.3) is 0 Å². The fourth-order valence-electron chi connectivity index (χ4n) is 4.36. The van der Waals surface area contributed by atoms with Crippen molar-refractivity contribution in [2.24, 2.45) is 0 Å². The highest BCUT2D eigenvalue weighted by Gasteiger charge is 2.33. The van der Waals surface area contributed by atoms with Crippen LogP contribution in [-0.2, 0) is 11.2 Å². The lowest BCUT2D eigenvalue weighted by Gasteiger charge is -2.28. The van der Waals surface area contributed by atoms with E-state index < -0.39 is 0 Å². The van der Waals surface area contributed by atoms with Crippen LogP contribution in [0.15, 0.2) is 22.7 Å². The number of nitrogens with zero attached hydrogens (tertiary/aromatic N) is 4. The SMILES string of the molecule is COc1ccc(C(=O)N2CCC(N(CCc3noc(C4CCC4)n3)C(C)=O)C2)c(C)c1. The molecule has 1 aromatic heterocycles. The fourth-order valence-corrected chi connectivity index (χ4v) is 4.36. The molecule has 1 saturated carbocycles. The molecule has 1 unspecified atom stereocenters. The lowest BCUT2D eigenvalue weighted by Crippen LogP contribution is -2.42. The van der Waals surface area contributed by atoms with Crippen molar-refractivity contribution in [3.05, 3.63) is 41.0 Å². The molecule has 8 heteroatoms. The van der Waals surface area contributed by atoms with Gasteiger partial charge in [0.05, 0.1) is 13.2 Å². The van der Waals surface area contributed by atoms with Gasteiger partial charge in [0.1, 0.15) is 5.75 Å². The van der Waals surface area contributed by atoms with Gasteiger partial charge in [-0.1, -0.05) is 11.6 Å². The van der Waals surface area contributed by atoms with E-state index in [1.54, 1.807) is 20.1 Å². The topological polar surface area (TPSA) is 88.8 Å². The number of methoxy groups -OCH3 is 1. The normalized spacial score (nSPS) is 18.7. The maximum Gasteiger partial charge on any atom is 0.254 e. The summed E-state index contributed by atoms with van der Waals surface area (Å²) in [5.41, 5.74) is 1.56. The van der Waals surface area contributed by atoms with Crippen molar-refractivity contribution in [1.82, 2.24) is 19.9 Å². The minimum atomic E-state index is -0.00513. The molecule has 4 rings (SSSR count).